The maximum absolute atomic E-state index is 12.8. The molecule has 4 rings (SSSR count). The van der Waals surface area contributed by atoms with Gasteiger partial charge in [0.2, 0.25) is 0 Å². The molecule has 2 nitrogen and oxygen atoms in total. The van der Waals surface area contributed by atoms with Crippen LogP contribution in [0.4, 0.5) is 0 Å². The summed E-state index contributed by atoms with van der Waals surface area (Å²) < 4.78 is 6.13. The minimum atomic E-state index is 0.0585. The van der Waals surface area contributed by atoms with E-state index in [-0.39, 0.29) is 12.1 Å². The summed E-state index contributed by atoms with van der Waals surface area (Å²) in [7, 11) is 0. The van der Waals surface area contributed by atoms with Crippen molar-refractivity contribution in [2.45, 2.75) is 202 Å². The predicted molar refractivity (Wildman–Crippen MR) is 202 cm³/mol. The highest BCUT2D eigenvalue weighted by atomic mass is 16.5. The molecule has 0 radical (unpaired) electrons. The summed E-state index contributed by atoms with van der Waals surface area (Å²) in [6.45, 7) is 17.2. The Morgan fingerprint density at radius 1 is 0.809 bits per heavy atom. The molecule has 4 aliphatic rings. The number of hydrogen-bond donors (Lipinski definition) is 0. The number of carbonyl (C=O) groups excluding carboxylic acids is 1. The van der Waals surface area contributed by atoms with E-state index in [1.807, 2.05) is 0 Å². The Morgan fingerprint density at radius 2 is 1.45 bits per heavy atom. The van der Waals surface area contributed by atoms with Crippen LogP contribution in [0.25, 0.3) is 0 Å². The second-order valence-electron chi connectivity index (χ2n) is 17.9. The summed E-state index contributed by atoms with van der Waals surface area (Å²) in [6, 6.07) is 0. The van der Waals surface area contributed by atoms with Crippen LogP contribution < -0.4 is 0 Å². The second kappa shape index (κ2) is 18.8. The van der Waals surface area contributed by atoms with E-state index in [1.54, 1.807) is 5.57 Å². The number of fused-ring (bicyclic) bond motifs is 5. The van der Waals surface area contributed by atoms with Crippen LogP contribution in [0.1, 0.15) is 196 Å². The van der Waals surface area contributed by atoms with Gasteiger partial charge in [0.05, 0.1) is 0 Å². The third-order valence-electron chi connectivity index (χ3n) is 14.5. The van der Waals surface area contributed by atoms with Crippen molar-refractivity contribution >= 4 is 5.97 Å². The van der Waals surface area contributed by atoms with Crippen LogP contribution in [0.3, 0.4) is 0 Å². The van der Waals surface area contributed by atoms with Gasteiger partial charge in [0.25, 0.3) is 0 Å². The lowest BCUT2D eigenvalue weighted by Gasteiger charge is -2.58. The van der Waals surface area contributed by atoms with Crippen LogP contribution in [0.2, 0.25) is 0 Å². The molecule has 0 aliphatic heterocycles. The molecule has 0 aromatic heterocycles. The second-order valence-corrected chi connectivity index (χ2v) is 17.9. The lowest BCUT2D eigenvalue weighted by atomic mass is 9.47. The van der Waals surface area contributed by atoms with E-state index < -0.39 is 0 Å². The van der Waals surface area contributed by atoms with E-state index in [0.29, 0.717) is 29.1 Å². The van der Waals surface area contributed by atoms with Crippen molar-refractivity contribution in [3.05, 3.63) is 23.8 Å². The maximum Gasteiger partial charge on any atom is 0.306 e. The Hall–Kier alpha value is -1.05. The van der Waals surface area contributed by atoms with Gasteiger partial charge in [-0.25, -0.2) is 0 Å². The first-order valence-corrected chi connectivity index (χ1v) is 21.2. The third-order valence-corrected chi connectivity index (χ3v) is 14.5. The number of ether oxygens (including phenoxy) is 1. The molecule has 47 heavy (non-hydrogen) atoms. The third kappa shape index (κ3) is 10.0. The van der Waals surface area contributed by atoms with Crippen molar-refractivity contribution in [2.75, 3.05) is 0 Å². The van der Waals surface area contributed by atoms with Gasteiger partial charge in [-0.2, -0.15) is 0 Å². The molecule has 3 saturated carbocycles. The number of allylic oxidation sites excluding steroid dienone is 3. The molecule has 9 atom stereocenters. The standard InChI is InChI=1S/C45H78O2/c1-8-10-11-12-13-14-15-16-17-18-19-20-21-22-43(46)47-38-29-31-44(6)37(33-38)25-26-39-41-28-27-40(45(41,7)32-30-42(39)44)35(5)23-24-36(9-2)34(3)4/h23-25,34-36,38-42H,8-22,26-33H2,1-7H3. The molecular weight excluding hydrogens is 572 g/mol. The molecule has 3 fully saturated rings. The molecule has 270 valence electrons. The summed E-state index contributed by atoms with van der Waals surface area (Å²) in [6.07, 6.45) is 37.4. The number of rotatable bonds is 20. The van der Waals surface area contributed by atoms with Crippen LogP contribution in [0.15, 0.2) is 23.8 Å². The summed E-state index contributed by atoms with van der Waals surface area (Å²) in [4.78, 5) is 12.8. The Bertz CT molecular complexity index is 992. The summed E-state index contributed by atoms with van der Waals surface area (Å²) in [5, 5.41) is 0. The molecule has 2 heteroatoms. The minimum Gasteiger partial charge on any atom is -0.462 e. The molecular formula is C45H78O2. The first kappa shape index (κ1) is 38.7. The van der Waals surface area contributed by atoms with Crippen LogP contribution >= 0.6 is 0 Å². The fourth-order valence-electron chi connectivity index (χ4n) is 11.4. The number of unbranched alkanes of at least 4 members (excludes halogenated alkanes) is 12. The fraction of sp³-hybridized carbons (Fsp3) is 0.889. The monoisotopic (exact) mass is 651 g/mol. The highest BCUT2D eigenvalue weighted by Gasteiger charge is 2.59. The van der Waals surface area contributed by atoms with Gasteiger partial charge in [-0.1, -0.05) is 149 Å². The summed E-state index contributed by atoms with van der Waals surface area (Å²) in [5.74, 6) is 5.56. The van der Waals surface area contributed by atoms with Gasteiger partial charge in [-0.15, -0.1) is 0 Å². The van der Waals surface area contributed by atoms with Gasteiger partial charge in [0.15, 0.2) is 0 Å². The van der Waals surface area contributed by atoms with Gasteiger partial charge in [0, 0.05) is 12.8 Å². The largest absolute Gasteiger partial charge is 0.462 e. The number of esters is 1. The van der Waals surface area contributed by atoms with Crippen molar-refractivity contribution in [3.63, 3.8) is 0 Å². The number of carbonyl (C=O) groups is 1. The Kier molecular flexibility index (Phi) is 15.5. The van der Waals surface area contributed by atoms with Crippen LogP contribution in [0, 0.1) is 52.3 Å². The normalized spacial score (nSPS) is 33.3. The topological polar surface area (TPSA) is 26.3 Å². The average molecular weight is 651 g/mol. The van der Waals surface area contributed by atoms with E-state index in [4.69, 9.17) is 4.74 Å². The van der Waals surface area contributed by atoms with E-state index in [0.717, 1.165) is 48.9 Å². The molecule has 0 N–H and O–H groups in total. The smallest absolute Gasteiger partial charge is 0.306 e. The van der Waals surface area contributed by atoms with E-state index >= 15 is 0 Å². The van der Waals surface area contributed by atoms with Gasteiger partial charge in [-0.3, -0.25) is 4.79 Å². The first-order valence-electron chi connectivity index (χ1n) is 21.2. The quantitative estimate of drug-likeness (QED) is 0.0744. The maximum atomic E-state index is 12.8. The minimum absolute atomic E-state index is 0.0585. The number of hydrogen-bond acceptors (Lipinski definition) is 2. The van der Waals surface area contributed by atoms with Crippen molar-refractivity contribution in [1.29, 1.82) is 0 Å². The van der Waals surface area contributed by atoms with Crippen molar-refractivity contribution in [3.8, 4) is 0 Å². The molecule has 0 spiro atoms. The zero-order valence-corrected chi connectivity index (χ0v) is 32.4. The van der Waals surface area contributed by atoms with Crippen molar-refractivity contribution in [1.82, 2.24) is 0 Å². The Morgan fingerprint density at radius 3 is 2.06 bits per heavy atom. The highest BCUT2D eigenvalue weighted by molar-refractivity contribution is 5.69. The van der Waals surface area contributed by atoms with Crippen LogP contribution in [0.5, 0.6) is 0 Å². The van der Waals surface area contributed by atoms with Crippen LogP contribution in [-0.2, 0) is 9.53 Å². The summed E-state index contributed by atoms with van der Waals surface area (Å²) in [5.41, 5.74) is 2.45. The fourth-order valence-corrected chi connectivity index (χ4v) is 11.4. The zero-order chi connectivity index (χ0) is 33.9. The highest BCUT2D eigenvalue weighted by Crippen LogP contribution is 2.67. The molecule has 0 heterocycles. The van der Waals surface area contributed by atoms with Gasteiger partial charge in [0.1, 0.15) is 6.10 Å². The Labute approximate surface area is 293 Å². The molecule has 0 amide bonds. The molecule has 9 unspecified atom stereocenters. The first-order chi connectivity index (χ1) is 22.6. The lowest BCUT2D eigenvalue weighted by Crippen LogP contribution is -2.51. The average Bonchev–Trinajstić information content (AvgIpc) is 3.41. The van der Waals surface area contributed by atoms with Gasteiger partial charge in [-0.05, 0) is 110 Å². The van der Waals surface area contributed by atoms with E-state index in [1.165, 1.54) is 122 Å². The van der Waals surface area contributed by atoms with E-state index in [9.17, 15) is 4.79 Å². The van der Waals surface area contributed by atoms with Crippen molar-refractivity contribution in [2.24, 2.45) is 52.3 Å². The predicted octanol–water partition coefficient (Wildman–Crippen LogP) is 13.8. The Balaban J connectivity index is 1.17. The lowest BCUT2D eigenvalue weighted by molar-refractivity contribution is -0.151. The summed E-state index contributed by atoms with van der Waals surface area (Å²) >= 11 is 0. The van der Waals surface area contributed by atoms with E-state index in [2.05, 4.69) is 66.7 Å². The van der Waals surface area contributed by atoms with Crippen molar-refractivity contribution < 1.29 is 9.53 Å². The SMILES string of the molecule is CCCCCCCCCCCCCCCC(=O)OC1CCC2(C)C(=CCC3C2CCC2(C)C(C(C)C=CC(CC)C(C)C)CCC32)C1. The van der Waals surface area contributed by atoms with Gasteiger partial charge >= 0.3 is 5.97 Å². The van der Waals surface area contributed by atoms with Crippen LogP contribution in [-0.4, -0.2) is 12.1 Å². The molecule has 0 aromatic carbocycles. The molecule has 0 bridgehead atoms. The molecule has 4 aliphatic carbocycles. The molecule has 0 aromatic rings. The zero-order valence-electron chi connectivity index (χ0n) is 32.4. The molecule has 0 saturated heterocycles. The van der Waals surface area contributed by atoms with Gasteiger partial charge < -0.3 is 4.74 Å².